The number of rotatable bonds is 9. The number of benzene rings is 3. The van der Waals surface area contributed by atoms with Crippen LogP contribution in [0.5, 0.6) is 23.0 Å². The minimum Gasteiger partial charge on any atom is -0.493 e. The van der Waals surface area contributed by atoms with Gasteiger partial charge in [0.15, 0.2) is 11.5 Å². The van der Waals surface area contributed by atoms with Gasteiger partial charge in [0.05, 0.1) is 31.0 Å². The summed E-state index contributed by atoms with van der Waals surface area (Å²) < 4.78 is 62.0. The second-order valence-electron chi connectivity index (χ2n) is 12.4. The van der Waals surface area contributed by atoms with E-state index in [9.17, 15) is 9.59 Å². The number of carbonyl (C=O) groups excluding carboxylic acids is 2. The van der Waals surface area contributed by atoms with E-state index in [1.54, 1.807) is 48.7 Å². The van der Waals surface area contributed by atoms with Crippen molar-refractivity contribution in [3.8, 4) is 23.0 Å². The number of likely N-dealkylation sites (tertiary alicyclic amines) is 1. The van der Waals surface area contributed by atoms with Crippen molar-refractivity contribution < 1.29 is 37.0 Å². The van der Waals surface area contributed by atoms with Gasteiger partial charge in [0.1, 0.15) is 11.5 Å². The molecule has 2 fully saturated rings. The summed E-state index contributed by atoms with van der Waals surface area (Å²) in [5.41, 5.74) is 4.38. The number of fused-ring (bicyclic) bond motifs is 1. The number of pyridine rings is 1. The van der Waals surface area contributed by atoms with E-state index in [0.717, 1.165) is 0 Å². The average molecular weight is 693 g/mol. The molecule has 264 valence electrons. The zero-order chi connectivity index (χ0) is 35.5. The highest BCUT2D eigenvalue weighted by molar-refractivity contribution is 6.00. The molecule has 14 heteroatoms. The van der Waals surface area contributed by atoms with E-state index in [1.165, 1.54) is 32.4 Å². The number of amides is 3. The van der Waals surface area contributed by atoms with Crippen LogP contribution in [-0.4, -0.2) is 62.2 Å². The smallest absolute Gasteiger partial charge is 0.418 e. The monoisotopic (exact) mass is 692 g/mol. The lowest BCUT2D eigenvalue weighted by Gasteiger charge is -2.50. The van der Waals surface area contributed by atoms with Crippen LogP contribution in [0.1, 0.15) is 36.8 Å². The maximum absolute atomic E-state index is 15.0. The maximum Gasteiger partial charge on any atom is 0.418 e. The van der Waals surface area contributed by atoms with Crippen molar-refractivity contribution in [2.24, 2.45) is 11.7 Å². The highest BCUT2D eigenvalue weighted by Crippen LogP contribution is 2.48. The predicted octanol–water partition coefficient (Wildman–Crippen LogP) is 6.48. The third kappa shape index (κ3) is 7.12. The lowest BCUT2D eigenvalue weighted by Crippen LogP contribution is -2.56. The van der Waals surface area contributed by atoms with Gasteiger partial charge in [-0.25, -0.2) is 4.79 Å². The fourth-order valence-corrected chi connectivity index (χ4v) is 7.12. The second kappa shape index (κ2) is 14.4. The van der Waals surface area contributed by atoms with Gasteiger partial charge < -0.3 is 35.9 Å². The van der Waals surface area contributed by atoms with E-state index in [4.69, 9.17) is 19.9 Å². The number of ether oxygens (including phenoxy) is 3. The SMILES string of the molecule is COc1cc2nccc(Oc3cccc(NC(=O)Nc4cccc(C5(N6CCC(C(N)=O)CC6)CCNCC5)c4C(F)(F)F)c3)c2cc1OC. The molecule has 50 heavy (non-hydrogen) atoms. The van der Waals surface area contributed by atoms with E-state index in [0.29, 0.717) is 91.5 Å². The predicted molar refractivity (Wildman–Crippen MR) is 183 cm³/mol. The van der Waals surface area contributed by atoms with Gasteiger partial charge in [0, 0.05) is 40.9 Å². The highest BCUT2D eigenvalue weighted by atomic mass is 19.4. The molecule has 2 aliphatic heterocycles. The molecule has 0 unspecified atom stereocenters. The van der Waals surface area contributed by atoms with Gasteiger partial charge in [-0.2, -0.15) is 13.2 Å². The lowest BCUT2D eigenvalue weighted by atomic mass is 9.75. The molecule has 1 aromatic heterocycles. The quantitative estimate of drug-likeness (QED) is 0.156. The first-order chi connectivity index (χ1) is 24.0. The van der Waals surface area contributed by atoms with Crippen LogP contribution in [0.25, 0.3) is 10.9 Å². The number of halogens is 3. The van der Waals surface area contributed by atoms with Gasteiger partial charge >= 0.3 is 12.2 Å². The van der Waals surface area contributed by atoms with E-state index >= 15 is 13.2 Å². The molecule has 4 aromatic rings. The topological polar surface area (TPSA) is 140 Å². The number of urea groups is 1. The Kier molecular flexibility index (Phi) is 10.0. The van der Waals surface area contributed by atoms with Crippen LogP contribution < -0.4 is 35.9 Å². The summed E-state index contributed by atoms with van der Waals surface area (Å²) in [5, 5.41) is 9.02. The summed E-state index contributed by atoms with van der Waals surface area (Å²) in [4.78, 5) is 31.5. The summed E-state index contributed by atoms with van der Waals surface area (Å²) in [6.45, 7) is 1.94. The number of nitrogens with one attached hydrogen (secondary N) is 3. The molecule has 0 saturated carbocycles. The number of anilines is 2. The normalized spacial score (nSPS) is 16.8. The first kappa shape index (κ1) is 34.8. The Bertz CT molecular complexity index is 1870. The Labute approximate surface area is 287 Å². The van der Waals surface area contributed by atoms with Crippen molar-refractivity contribution in [2.45, 2.75) is 37.4 Å². The summed E-state index contributed by atoms with van der Waals surface area (Å²) >= 11 is 0. The molecule has 0 aliphatic carbocycles. The molecule has 0 spiro atoms. The first-order valence-electron chi connectivity index (χ1n) is 16.3. The second-order valence-corrected chi connectivity index (χ2v) is 12.4. The molecule has 0 atom stereocenters. The zero-order valence-corrected chi connectivity index (χ0v) is 27.7. The third-order valence-electron chi connectivity index (χ3n) is 9.56. The van der Waals surface area contributed by atoms with Crippen molar-refractivity contribution in [3.05, 3.63) is 78.0 Å². The number of piperidine rings is 2. The number of hydrogen-bond acceptors (Lipinski definition) is 8. The summed E-state index contributed by atoms with van der Waals surface area (Å²) in [6.07, 6.45) is -1.34. The molecule has 6 rings (SSSR count). The Morgan fingerprint density at radius 3 is 2.32 bits per heavy atom. The molecule has 3 aromatic carbocycles. The number of nitrogens with two attached hydrogens (primary N) is 1. The Hall–Kier alpha value is -5.08. The molecule has 11 nitrogen and oxygen atoms in total. The van der Waals surface area contributed by atoms with Crippen LogP contribution >= 0.6 is 0 Å². The minimum absolute atomic E-state index is 0.107. The first-order valence-corrected chi connectivity index (χ1v) is 16.3. The van der Waals surface area contributed by atoms with Crippen LogP contribution in [0, 0.1) is 5.92 Å². The van der Waals surface area contributed by atoms with E-state index in [2.05, 4.69) is 25.8 Å². The van der Waals surface area contributed by atoms with E-state index < -0.39 is 23.3 Å². The van der Waals surface area contributed by atoms with Crippen molar-refractivity contribution >= 4 is 34.2 Å². The molecular weight excluding hydrogens is 653 g/mol. The molecule has 2 saturated heterocycles. The van der Waals surface area contributed by atoms with Crippen LogP contribution in [0.3, 0.4) is 0 Å². The summed E-state index contributed by atoms with van der Waals surface area (Å²) in [7, 11) is 3.05. The fourth-order valence-electron chi connectivity index (χ4n) is 7.12. The number of primary amides is 1. The number of aromatic nitrogens is 1. The van der Waals surface area contributed by atoms with Crippen molar-refractivity contribution in [1.82, 2.24) is 15.2 Å². The van der Waals surface area contributed by atoms with Crippen LogP contribution in [0.2, 0.25) is 0 Å². The van der Waals surface area contributed by atoms with E-state index in [1.807, 2.05) is 0 Å². The standard InChI is InChI=1S/C36H39F3N6O5/c1-48-30-20-25-28(21-31(30)49-2)42-14-9-29(25)50-24-6-3-5-23(19-24)43-34(47)44-27-8-4-7-26(32(27)36(37,38)39)35(12-15-41-16-13-35)45-17-10-22(11-18-45)33(40)46/h3-9,14,19-22,41H,10-13,15-18H2,1-2H3,(H2,40,46)(H2,43,44,47). The maximum atomic E-state index is 15.0. The third-order valence-corrected chi connectivity index (χ3v) is 9.56. The Balaban J connectivity index is 1.25. The van der Waals surface area contributed by atoms with Gasteiger partial charge in [-0.3, -0.25) is 14.7 Å². The van der Waals surface area contributed by atoms with Crippen LogP contribution in [0.15, 0.2) is 66.9 Å². The fraction of sp³-hybridized carbons (Fsp3) is 0.361. The van der Waals surface area contributed by atoms with Gasteiger partial charge in [0.25, 0.3) is 0 Å². The van der Waals surface area contributed by atoms with Crippen molar-refractivity contribution in [3.63, 3.8) is 0 Å². The molecule has 5 N–H and O–H groups in total. The Morgan fingerprint density at radius 1 is 0.940 bits per heavy atom. The van der Waals surface area contributed by atoms with Gasteiger partial charge in [0.2, 0.25) is 5.91 Å². The number of hydrogen-bond donors (Lipinski definition) is 4. The van der Waals surface area contributed by atoms with Crippen LogP contribution in [0.4, 0.5) is 29.3 Å². The average Bonchev–Trinajstić information content (AvgIpc) is 3.11. The van der Waals surface area contributed by atoms with Gasteiger partial charge in [-0.15, -0.1) is 0 Å². The Morgan fingerprint density at radius 2 is 1.64 bits per heavy atom. The number of carbonyl (C=O) groups is 2. The van der Waals surface area contributed by atoms with Crippen LogP contribution in [-0.2, 0) is 16.5 Å². The lowest BCUT2D eigenvalue weighted by molar-refractivity contribution is -0.139. The summed E-state index contributed by atoms with van der Waals surface area (Å²) in [6, 6.07) is 15.1. The summed E-state index contributed by atoms with van der Waals surface area (Å²) in [5.74, 6) is 1.15. The van der Waals surface area contributed by atoms with Crippen molar-refractivity contribution in [2.75, 3.05) is 51.0 Å². The molecule has 2 aliphatic rings. The number of alkyl halides is 3. The number of methoxy groups -OCH3 is 2. The highest BCUT2D eigenvalue weighted by Gasteiger charge is 2.48. The molecule has 0 bridgehead atoms. The largest absolute Gasteiger partial charge is 0.493 e. The molecule has 3 heterocycles. The minimum atomic E-state index is -4.77. The van der Waals surface area contributed by atoms with Gasteiger partial charge in [-0.1, -0.05) is 18.2 Å². The molecular formula is C36H39F3N6O5. The molecule has 0 radical (unpaired) electrons. The molecule has 3 amide bonds. The van der Waals surface area contributed by atoms with Crippen molar-refractivity contribution in [1.29, 1.82) is 0 Å². The zero-order valence-electron chi connectivity index (χ0n) is 27.7. The number of nitrogens with zero attached hydrogens (tertiary/aromatic N) is 2. The van der Waals surface area contributed by atoms with Gasteiger partial charge in [-0.05, 0) is 87.8 Å². The van der Waals surface area contributed by atoms with E-state index in [-0.39, 0.29) is 23.1 Å².